The SMILES string of the molecule is O=C(O)c1cnc(-c2cc(OCc3ccccc3)c(OCc3ccccc3)cn2)nc1. The molecule has 7 heteroatoms. The zero-order valence-electron chi connectivity index (χ0n) is 16.5. The Hall–Kier alpha value is -4.26. The Morgan fingerprint density at radius 2 is 1.29 bits per heavy atom. The number of carboxylic acids is 1. The van der Waals surface area contributed by atoms with E-state index >= 15 is 0 Å². The maximum Gasteiger partial charge on any atom is 0.338 e. The van der Waals surface area contributed by atoms with E-state index in [4.69, 9.17) is 14.6 Å². The van der Waals surface area contributed by atoms with Crippen molar-refractivity contribution < 1.29 is 19.4 Å². The molecule has 1 N–H and O–H groups in total. The van der Waals surface area contributed by atoms with Gasteiger partial charge < -0.3 is 14.6 Å². The van der Waals surface area contributed by atoms with Crippen LogP contribution in [0.15, 0.2) is 85.3 Å². The highest BCUT2D eigenvalue weighted by Crippen LogP contribution is 2.31. The summed E-state index contributed by atoms with van der Waals surface area (Å²) in [7, 11) is 0. The van der Waals surface area contributed by atoms with E-state index in [1.165, 1.54) is 12.4 Å². The molecule has 0 saturated carbocycles. The number of hydrogen-bond acceptors (Lipinski definition) is 6. The molecule has 2 aromatic heterocycles. The first kappa shape index (κ1) is 20.0. The first-order valence-electron chi connectivity index (χ1n) is 9.58. The second-order valence-electron chi connectivity index (χ2n) is 6.67. The molecule has 0 unspecified atom stereocenters. The monoisotopic (exact) mass is 413 g/mol. The first-order valence-corrected chi connectivity index (χ1v) is 9.58. The second kappa shape index (κ2) is 9.49. The van der Waals surface area contributed by atoms with Crippen molar-refractivity contribution in [2.45, 2.75) is 13.2 Å². The zero-order chi connectivity index (χ0) is 21.5. The molecule has 0 radical (unpaired) electrons. The smallest absolute Gasteiger partial charge is 0.338 e. The van der Waals surface area contributed by atoms with Crippen LogP contribution in [-0.2, 0) is 13.2 Å². The number of rotatable bonds is 8. The van der Waals surface area contributed by atoms with Gasteiger partial charge in [0.25, 0.3) is 0 Å². The molecule has 0 aliphatic carbocycles. The Kier molecular flexibility index (Phi) is 6.13. The average molecular weight is 413 g/mol. The van der Waals surface area contributed by atoms with Crippen molar-refractivity contribution in [3.63, 3.8) is 0 Å². The molecule has 4 rings (SSSR count). The Balaban J connectivity index is 1.59. The number of aromatic nitrogens is 3. The van der Waals surface area contributed by atoms with Crippen molar-refractivity contribution >= 4 is 5.97 Å². The van der Waals surface area contributed by atoms with E-state index in [0.29, 0.717) is 36.2 Å². The van der Waals surface area contributed by atoms with Crippen molar-refractivity contribution in [2.24, 2.45) is 0 Å². The predicted octanol–water partition coefficient (Wildman–Crippen LogP) is 4.39. The van der Waals surface area contributed by atoms with Crippen molar-refractivity contribution in [1.29, 1.82) is 0 Å². The number of hydrogen-bond donors (Lipinski definition) is 1. The third-order valence-corrected chi connectivity index (χ3v) is 4.43. The Morgan fingerprint density at radius 1 is 0.742 bits per heavy atom. The molecule has 4 aromatic rings. The van der Waals surface area contributed by atoms with Gasteiger partial charge in [-0.05, 0) is 11.1 Å². The lowest BCUT2D eigenvalue weighted by molar-refractivity contribution is 0.0696. The largest absolute Gasteiger partial charge is 0.485 e. The molecule has 2 aromatic carbocycles. The Labute approximate surface area is 179 Å². The summed E-state index contributed by atoms with van der Waals surface area (Å²) in [6, 6.07) is 21.3. The summed E-state index contributed by atoms with van der Waals surface area (Å²) < 4.78 is 12.0. The molecule has 0 spiro atoms. The Morgan fingerprint density at radius 3 is 1.84 bits per heavy atom. The predicted molar refractivity (Wildman–Crippen MR) is 114 cm³/mol. The fourth-order valence-corrected chi connectivity index (χ4v) is 2.81. The molecule has 0 saturated heterocycles. The molecule has 2 heterocycles. The van der Waals surface area contributed by atoms with Crippen LogP contribution in [0.25, 0.3) is 11.5 Å². The second-order valence-corrected chi connectivity index (χ2v) is 6.67. The highest BCUT2D eigenvalue weighted by Gasteiger charge is 2.13. The number of nitrogens with zero attached hydrogens (tertiary/aromatic N) is 3. The maximum atomic E-state index is 11.0. The molecule has 31 heavy (non-hydrogen) atoms. The fourth-order valence-electron chi connectivity index (χ4n) is 2.81. The third-order valence-electron chi connectivity index (χ3n) is 4.43. The summed E-state index contributed by atoms with van der Waals surface area (Å²) in [6.45, 7) is 0.720. The number of ether oxygens (including phenoxy) is 2. The van der Waals surface area contributed by atoms with Gasteiger partial charge in [0.15, 0.2) is 17.3 Å². The van der Waals surface area contributed by atoms with Gasteiger partial charge in [-0.3, -0.25) is 0 Å². The molecule has 154 valence electrons. The zero-order valence-corrected chi connectivity index (χ0v) is 16.5. The summed E-state index contributed by atoms with van der Waals surface area (Å²) in [5, 5.41) is 9.03. The first-order chi connectivity index (χ1) is 15.2. The van der Waals surface area contributed by atoms with E-state index in [0.717, 1.165) is 11.1 Å². The Bertz CT molecular complexity index is 1150. The van der Waals surface area contributed by atoms with Gasteiger partial charge >= 0.3 is 5.97 Å². The van der Waals surface area contributed by atoms with Gasteiger partial charge in [-0.15, -0.1) is 0 Å². The number of benzene rings is 2. The van der Waals surface area contributed by atoms with E-state index < -0.39 is 5.97 Å². The van der Waals surface area contributed by atoms with Crippen LogP contribution in [0.5, 0.6) is 11.5 Å². The molecular formula is C24H19N3O4. The summed E-state index contributed by atoms with van der Waals surface area (Å²) in [4.78, 5) is 23.6. The van der Waals surface area contributed by atoms with Gasteiger partial charge in [-0.1, -0.05) is 60.7 Å². The van der Waals surface area contributed by atoms with E-state index in [2.05, 4.69) is 15.0 Å². The maximum absolute atomic E-state index is 11.0. The normalized spacial score (nSPS) is 10.5. The standard InChI is InChI=1S/C24H19N3O4/c28-24(29)19-12-26-23(27-13-19)20-11-21(30-15-17-7-3-1-4-8-17)22(14-25-20)31-16-18-9-5-2-6-10-18/h1-14H,15-16H2,(H,28,29). The van der Waals surface area contributed by atoms with Gasteiger partial charge in [-0.2, -0.15) is 0 Å². The topological polar surface area (TPSA) is 94.4 Å². The van der Waals surface area contributed by atoms with Crippen LogP contribution < -0.4 is 9.47 Å². The lowest BCUT2D eigenvalue weighted by Crippen LogP contribution is -2.03. The minimum atomic E-state index is -1.09. The van der Waals surface area contributed by atoms with E-state index in [9.17, 15) is 4.79 Å². The molecule has 0 amide bonds. The molecule has 0 aliphatic heterocycles. The van der Waals surface area contributed by atoms with Crippen LogP contribution in [0, 0.1) is 0 Å². The summed E-state index contributed by atoms with van der Waals surface area (Å²) in [5.74, 6) is 0.196. The van der Waals surface area contributed by atoms with Crippen LogP contribution in [-0.4, -0.2) is 26.0 Å². The van der Waals surface area contributed by atoms with Gasteiger partial charge in [0.2, 0.25) is 0 Å². The third kappa shape index (κ3) is 5.22. The van der Waals surface area contributed by atoms with Crippen molar-refractivity contribution in [3.8, 4) is 23.0 Å². The average Bonchev–Trinajstić information content (AvgIpc) is 2.83. The lowest BCUT2D eigenvalue weighted by Gasteiger charge is -2.14. The van der Waals surface area contributed by atoms with Gasteiger partial charge in [0, 0.05) is 18.5 Å². The molecule has 0 bridgehead atoms. The van der Waals surface area contributed by atoms with Crippen molar-refractivity contribution in [1.82, 2.24) is 15.0 Å². The summed E-state index contributed by atoms with van der Waals surface area (Å²) >= 11 is 0. The van der Waals surface area contributed by atoms with Gasteiger partial charge in [0.1, 0.15) is 18.9 Å². The van der Waals surface area contributed by atoms with E-state index in [-0.39, 0.29) is 5.56 Å². The van der Waals surface area contributed by atoms with Crippen molar-refractivity contribution in [3.05, 3.63) is 102 Å². The highest BCUT2D eigenvalue weighted by molar-refractivity contribution is 5.86. The number of carboxylic acid groups (broad SMARTS) is 1. The van der Waals surface area contributed by atoms with Gasteiger partial charge in [-0.25, -0.2) is 19.7 Å². The molecule has 0 aliphatic rings. The minimum Gasteiger partial charge on any atom is -0.485 e. The van der Waals surface area contributed by atoms with Crippen molar-refractivity contribution in [2.75, 3.05) is 0 Å². The molecular weight excluding hydrogens is 394 g/mol. The fraction of sp³-hybridized carbons (Fsp3) is 0.0833. The van der Waals surface area contributed by atoms with Crippen LogP contribution >= 0.6 is 0 Å². The number of carbonyl (C=O) groups is 1. The van der Waals surface area contributed by atoms with Gasteiger partial charge in [0.05, 0.1) is 11.8 Å². The van der Waals surface area contributed by atoms with Crippen LogP contribution in [0.2, 0.25) is 0 Å². The minimum absolute atomic E-state index is 0.00659. The molecule has 0 fully saturated rings. The molecule has 7 nitrogen and oxygen atoms in total. The van der Waals surface area contributed by atoms with Crippen LogP contribution in [0.4, 0.5) is 0 Å². The van der Waals surface area contributed by atoms with Crippen LogP contribution in [0.1, 0.15) is 21.5 Å². The molecule has 0 atom stereocenters. The lowest BCUT2D eigenvalue weighted by atomic mass is 10.2. The van der Waals surface area contributed by atoms with Crippen LogP contribution in [0.3, 0.4) is 0 Å². The highest BCUT2D eigenvalue weighted by atomic mass is 16.5. The summed E-state index contributed by atoms with van der Waals surface area (Å²) in [5.41, 5.74) is 2.49. The quantitative estimate of drug-likeness (QED) is 0.458. The summed E-state index contributed by atoms with van der Waals surface area (Å²) in [6.07, 6.45) is 4.06. The number of pyridine rings is 1. The van der Waals surface area contributed by atoms with E-state index in [1.807, 2.05) is 60.7 Å². The van der Waals surface area contributed by atoms with E-state index in [1.54, 1.807) is 12.3 Å². The number of aromatic carboxylic acids is 1.